The van der Waals surface area contributed by atoms with Gasteiger partial charge in [-0.3, -0.25) is 0 Å². The smallest absolute Gasteiger partial charge is 0.241 e. The highest BCUT2D eigenvalue weighted by Crippen LogP contribution is 2.26. The van der Waals surface area contributed by atoms with Crippen LogP contribution in [0.1, 0.15) is 28.6 Å². The second kappa shape index (κ2) is 8.08. The van der Waals surface area contributed by atoms with Crippen LogP contribution >= 0.6 is 11.6 Å². The molecule has 0 fully saturated rings. The Morgan fingerprint density at radius 1 is 1.19 bits per heavy atom. The minimum atomic E-state index is -3.78. The Morgan fingerprint density at radius 3 is 2.48 bits per heavy atom. The third-order valence-corrected chi connectivity index (χ3v) is 5.91. The zero-order valence-electron chi connectivity index (χ0n) is 14.7. The van der Waals surface area contributed by atoms with E-state index in [1.807, 2.05) is 30.3 Å². The van der Waals surface area contributed by atoms with E-state index in [9.17, 15) is 8.42 Å². The molecule has 2 aromatic carbocycles. The van der Waals surface area contributed by atoms with Gasteiger partial charge in [0.1, 0.15) is 11.5 Å². The van der Waals surface area contributed by atoms with E-state index in [0.29, 0.717) is 28.5 Å². The van der Waals surface area contributed by atoms with Crippen LogP contribution in [0.15, 0.2) is 70.6 Å². The number of halogens is 1. The van der Waals surface area contributed by atoms with Crippen LogP contribution in [0.3, 0.4) is 0 Å². The molecule has 1 heterocycles. The lowest BCUT2D eigenvalue weighted by Crippen LogP contribution is -2.30. The molecule has 0 aliphatic rings. The van der Waals surface area contributed by atoms with Gasteiger partial charge < -0.3 is 4.52 Å². The molecule has 0 unspecified atom stereocenters. The highest BCUT2D eigenvalue weighted by Gasteiger charge is 2.26. The minimum absolute atomic E-state index is 0.130. The Bertz CT molecular complexity index is 1030. The van der Waals surface area contributed by atoms with Crippen LogP contribution in [0, 0.1) is 6.92 Å². The first-order valence-electron chi connectivity index (χ1n) is 8.31. The summed E-state index contributed by atoms with van der Waals surface area (Å²) in [7, 11) is -3.78. The molecule has 0 radical (unpaired) electrons. The molecule has 1 N–H and O–H groups in total. The molecule has 0 saturated carbocycles. The maximum atomic E-state index is 12.9. The Hall–Kier alpha value is -2.41. The second-order valence-corrected chi connectivity index (χ2v) is 8.21. The summed E-state index contributed by atoms with van der Waals surface area (Å²) in [5, 5.41) is 4.55. The van der Waals surface area contributed by atoms with E-state index in [-0.39, 0.29) is 4.90 Å². The number of sulfonamides is 1. The number of nitrogens with zero attached hydrogens (tertiary/aromatic N) is 1. The van der Waals surface area contributed by atoms with Crippen molar-refractivity contribution in [2.24, 2.45) is 0 Å². The van der Waals surface area contributed by atoms with Crippen LogP contribution in [0.2, 0.25) is 5.02 Å². The molecule has 0 bridgehead atoms. The van der Waals surface area contributed by atoms with E-state index >= 15 is 0 Å². The van der Waals surface area contributed by atoms with Crippen molar-refractivity contribution in [3.63, 3.8) is 0 Å². The van der Waals surface area contributed by atoms with E-state index in [2.05, 4.69) is 16.5 Å². The first kappa shape index (κ1) is 19.4. The van der Waals surface area contributed by atoms with Gasteiger partial charge in [-0.25, -0.2) is 13.1 Å². The first-order chi connectivity index (χ1) is 12.9. The summed E-state index contributed by atoms with van der Waals surface area (Å²) in [5.74, 6) is 0.587. The van der Waals surface area contributed by atoms with Gasteiger partial charge in [0.05, 0.1) is 10.9 Å². The summed E-state index contributed by atoms with van der Waals surface area (Å²) in [6, 6.07) is 15.0. The van der Waals surface area contributed by atoms with Crippen molar-refractivity contribution in [3.05, 3.63) is 88.8 Å². The number of aryl methyl sites for hydroxylation is 1. The molecule has 7 heteroatoms. The molecule has 5 nitrogen and oxygen atoms in total. The van der Waals surface area contributed by atoms with Gasteiger partial charge in [0.2, 0.25) is 10.0 Å². The summed E-state index contributed by atoms with van der Waals surface area (Å²) in [6.45, 7) is 5.55. The van der Waals surface area contributed by atoms with Gasteiger partial charge in [0.25, 0.3) is 0 Å². The summed E-state index contributed by atoms with van der Waals surface area (Å²) >= 11 is 5.86. The summed E-state index contributed by atoms with van der Waals surface area (Å²) in [5.41, 5.74) is 2.16. The third-order valence-electron chi connectivity index (χ3n) is 4.17. The van der Waals surface area contributed by atoms with E-state index in [1.54, 1.807) is 13.0 Å². The largest absolute Gasteiger partial charge is 0.361 e. The lowest BCUT2D eigenvalue weighted by molar-refractivity contribution is 0.382. The van der Waals surface area contributed by atoms with Gasteiger partial charge in [0.15, 0.2) is 0 Å². The maximum Gasteiger partial charge on any atom is 0.241 e. The average molecular weight is 403 g/mol. The molecular weight excluding hydrogens is 384 g/mol. The molecule has 3 aromatic rings. The lowest BCUT2D eigenvalue weighted by atomic mass is 10.0. The van der Waals surface area contributed by atoms with Crippen molar-refractivity contribution in [3.8, 4) is 0 Å². The first-order valence-corrected chi connectivity index (χ1v) is 10.2. The van der Waals surface area contributed by atoms with Crippen molar-refractivity contribution < 1.29 is 12.9 Å². The van der Waals surface area contributed by atoms with Crippen LogP contribution in [-0.4, -0.2) is 13.6 Å². The standard InChI is InChI=1S/C20H19ClN2O3S/c1-3-18-14(2)26-22-20(18)19(13-15-7-5-4-6-8-15)23-27(24,25)17-11-9-16(21)10-12-17/h3-12,19,23H,1,13H2,2H3/t19-/m1/s1. The molecule has 140 valence electrons. The average Bonchev–Trinajstić information content (AvgIpc) is 3.03. The predicted octanol–water partition coefficient (Wildman–Crippen LogP) is 4.54. The Balaban J connectivity index is 1.98. The number of hydrogen-bond donors (Lipinski definition) is 1. The molecule has 27 heavy (non-hydrogen) atoms. The Morgan fingerprint density at radius 2 is 1.85 bits per heavy atom. The summed E-state index contributed by atoms with van der Waals surface area (Å²) in [6.07, 6.45) is 2.04. The third kappa shape index (κ3) is 4.47. The molecular formula is C20H19ClN2O3S. The fourth-order valence-electron chi connectivity index (χ4n) is 2.81. The highest BCUT2D eigenvalue weighted by atomic mass is 35.5. The van der Waals surface area contributed by atoms with Crippen LogP contribution in [0.25, 0.3) is 6.08 Å². The van der Waals surface area contributed by atoms with Crippen molar-refractivity contribution >= 4 is 27.7 Å². The van der Waals surface area contributed by atoms with Gasteiger partial charge in [-0.2, -0.15) is 0 Å². The van der Waals surface area contributed by atoms with Crippen molar-refractivity contribution in [2.45, 2.75) is 24.3 Å². The van der Waals surface area contributed by atoms with E-state index in [0.717, 1.165) is 5.56 Å². The van der Waals surface area contributed by atoms with E-state index in [4.69, 9.17) is 16.1 Å². The fourth-order valence-corrected chi connectivity index (χ4v) is 4.13. The van der Waals surface area contributed by atoms with Gasteiger partial charge in [-0.05, 0) is 43.2 Å². The van der Waals surface area contributed by atoms with Gasteiger partial charge in [-0.15, -0.1) is 0 Å². The summed E-state index contributed by atoms with van der Waals surface area (Å²) < 4.78 is 33.8. The Labute approximate surface area is 163 Å². The molecule has 1 aromatic heterocycles. The zero-order chi connectivity index (χ0) is 19.4. The molecule has 0 amide bonds. The van der Waals surface area contributed by atoms with Gasteiger partial charge in [-0.1, -0.05) is 59.7 Å². The second-order valence-electron chi connectivity index (χ2n) is 6.06. The highest BCUT2D eigenvalue weighted by molar-refractivity contribution is 7.89. The van der Waals surface area contributed by atoms with Crippen LogP contribution in [0.5, 0.6) is 0 Å². The fraction of sp³-hybridized carbons (Fsp3) is 0.150. The maximum absolute atomic E-state index is 12.9. The van der Waals surface area contributed by atoms with E-state index < -0.39 is 16.1 Å². The molecule has 3 rings (SSSR count). The molecule has 1 atom stereocenters. The number of rotatable bonds is 7. The number of benzene rings is 2. The molecule has 0 saturated heterocycles. The van der Waals surface area contributed by atoms with E-state index in [1.165, 1.54) is 24.3 Å². The monoisotopic (exact) mass is 402 g/mol. The number of nitrogens with one attached hydrogen (secondary N) is 1. The molecule has 0 aliphatic heterocycles. The lowest BCUT2D eigenvalue weighted by Gasteiger charge is -2.18. The van der Waals surface area contributed by atoms with Crippen molar-refractivity contribution in [2.75, 3.05) is 0 Å². The van der Waals surface area contributed by atoms with Gasteiger partial charge >= 0.3 is 0 Å². The minimum Gasteiger partial charge on any atom is -0.361 e. The van der Waals surface area contributed by atoms with Crippen LogP contribution in [-0.2, 0) is 16.4 Å². The number of hydrogen-bond acceptors (Lipinski definition) is 4. The quantitative estimate of drug-likeness (QED) is 0.629. The van der Waals surface area contributed by atoms with Crippen molar-refractivity contribution in [1.29, 1.82) is 0 Å². The zero-order valence-corrected chi connectivity index (χ0v) is 16.3. The van der Waals surface area contributed by atoms with Crippen LogP contribution in [0.4, 0.5) is 0 Å². The summed E-state index contributed by atoms with van der Waals surface area (Å²) in [4.78, 5) is 0.130. The topological polar surface area (TPSA) is 72.2 Å². The number of aromatic nitrogens is 1. The van der Waals surface area contributed by atoms with Gasteiger partial charge in [0, 0.05) is 10.6 Å². The Kier molecular flexibility index (Phi) is 5.79. The molecule has 0 spiro atoms. The normalized spacial score (nSPS) is 12.7. The predicted molar refractivity (Wildman–Crippen MR) is 106 cm³/mol. The van der Waals surface area contributed by atoms with Crippen molar-refractivity contribution in [1.82, 2.24) is 9.88 Å². The molecule has 0 aliphatic carbocycles. The SMILES string of the molecule is C=Cc1c([C@@H](Cc2ccccc2)NS(=O)(=O)c2ccc(Cl)cc2)noc1C. The van der Waals surface area contributed by atoms with Crippen LogP contribution < -0.4 is 4.72 Å².